The molecule has 0 saturated heterocycles. The van der Waals surface area contributed by atoms with Gasteiger partial charge in [-0.3, -0.25) is 4.79 Å². The number of ether oxygens (including phenoxy) is 6. The SMILES string of the molecule is COc1cc(/C(=C\N(C)C)C(=O)c2ccc(OC)c(OC)c2OC)cc(OC)c1OC. The van der Waals surface area contributed by atoms with E-state index in [1.54, 1.807) is 35.4 Å². The maximum absolute atomic E-state index is 13.7. The Morgan fingerprint density at radius 2 is 1.23 bits per heavy atom. The van der Waals surface area contributed by atoms with Crippen LogP contribution in [0.3, 0.4) is 0 Å². The Hall–Kier alpha value is -3.55. The highest BCUT2D eigenvalue weighted by atomic mass is 16.5. The predicted octanol–water partition coefficient (Wildman–Crippen LogP) is 3.52. The summed E-state index contributed by atoms with van der Waals surface area (Å²) in [4.78, 5) is 15.5. The van der Waals surface area contributed by atoms with E-state index in [-0.39, 0.29) is 11.5 Å². The molecule has 31 heavy (non-hydrogen) atoms. The summed E-state index contributed by atoms with van der Waals surface area (Å²) >= 11 is 0. The molecule has 168 valence electrons. The monoisotopic (exact) mass is 431 g/mol. The Morgan fingerprint density at radius 1 is 0.710 bits per heavy atom. The molecule has 0 aromatic heterocycles. The van der Waals surface area contributed by atoms with E-state index in [1.165, 1.54) is 42.7 Å². The van der Waals surface area contributed by atoms with E-state index in [1.807, 2.05) is 14.1 Å². The van der Waals surface area contributed by atoms with E-state index in [2.05, 4.69) is 0 Å². The number of allylic oxidation sites excluding steroid dienone is 1. The van der Waals surface area contributed by atoms with Gasteiger partial charge in [-0.15, -0.1) is 0 Å². The van der Waals surface area contributed by atoms with Crippen LogP contribution in [-0.4, -0.2) is 67.4 Å². The fraction of sp³-hybridized carbons (Fsp3) is 0.348. The standard InChI is InChI=1S/C23H29NO7/c1-24(2)13-16(14-11-18(27-4)22(30-7)19(12-14)28-5)20(25)15-9-10-17(26-3)23(31-8)21(15)29-6/h9-13H,1-8H3/b16-13+. The molecule has 0 amide bonds. The Morgan fingerprint density at radius 3 is 1.65 bits per heavy atom. The van der Waals surface area contributed by atoms with Crippen molar-refractivity contribution in [2.24, 2.45) is 0 Å². The van der Waals surface area contributed by atoms with E-state index in [0.717, 1.165) is 0 Å². The molecule has 0 bridgehead atoms. The molecule has 0 spiro atoms. The van der Waals surface area contributed by atoms with Crippen LogP contribution in [0.5, 0.6) is 34.5 Å². The van der Waals surface area contributed by atoms with Gasteiger partial charge in [-0.2, -0.15) is 0 Å². The summed E-state index contributed by atoms with van der Waals surface area (Å²) in [7, 11) is 12.7. The van der Waals surface area contributed by atoms with Crippen molar-refractivity contribution in [2.75, 3.05) is 56.8 Å². The van der Waals surface area contributed by atoms with Gasteiger partial charge in [-0.1, -0.05) is 0 Å². The van der Waals surface area contributed by atoms with E-state index in [9.17, 15) is 4.79 Å². The van der Waals surface area contributed by atoms with Gasteiger partial charge >= 0.3 is 0 Å². The highest BCUT2D eigenvalue weighted by Gasteiger charge is 2.26. The molecule has 2 aromatic carbocycles. The van der Waals surface area contributed by atoms with E-state index in [0.29, 0.717) is 45.4 Å². The normalized spacial score (nSPS) is 10.9. The summed E-state index contributed by atoms with van der Waals surface area (Å²) in [5.41, 5.74) is 1.31. The van der Waals surface area contributed by atoms with Gasteiger partial charge in [0.25, 0.3) is 0 Å². The van der Waals surface area contributed by atoms with Gasteiger partial charge in [0, 0.05) is 25.9 Å². The van der Waals surface area contributed by atoms with Crippen molar-refractivity contribution in [1.29, 1.82) is 0 Å². The summed E-state index contributed by atoms with van der Waals surface area (Å²) in [6.07, 6.45) is 1.72. The van der Waals surface area contributed by atoms with Crippen LogP contribution in [0.25, 0.3) is 5.57 Å². The van der Waals surface area contributed by atoms with Gasteiger partial charge < -0.3 is 33.3 Å². The van der Waals surface area contributed by atoms with E-state index >= 15 is 0 Å². The third-order valence-corrected chi connectivity index (χ3v) is 4.56. The Bertz CT molecular complexity index is 942. The minimum Gasteiger partial charge on any atom is -0.493 e. The van der Waals surface area contributed by atoms with Crippen LogP contribution < -0.4 is 28.4 Å². The van der Waals surface area contributed by atoms with Gasteiger partial charge in [0.1, 0.15) is 0 Å². The summed E-state index contributed by atoms with van der Waals surface area (Å²) in [5, 5.41) is 0. The van der Waals surface area contributed by atoms with Crippen LogP contribution in [0.2, 0.25) is 0 Å². The Kier molecular flexibility index (Phi) is 8.01. The molecule has 0 aliphatic rings. The number of hydrogen-bond acceptors (Lipinski definition) is 8. The average Bonchev–Trinajstić information content (AvgIpc) is 2.79. The number of nitrogens with zero attached hydrogens (tertiary/aromatic N) is 1. The van der Waals surface area contributed by atoms with E-state index < -0.39 is 0 Å². The third kappa shape index (κ3) is 4.79. The first-order valence-corrected chi connectivity index (χ1v) is 9.39. The van der Waals surface area contributed by atoms with Crippen molar-refractivity contribution >= 4 is 11.4 Å². The van der Waals surface area contributed by atoms with Gasteiger partial charge in [0.15, 0.2) is 28.8 Å². The minimum atomic E-state index is -0.277. The number of methoxy groups -OCH3 is 6. The fourth-order valence-corrected chi connectivity index (χ4v) is 3.18. The molecule has 2 rings (SSSR count). The highest BCUT2D eigenvalue weighted by molar-refractivity contribution is 6.30. The molecule has 0 heterocycles. The zero-order valence-corrected chi connectivity index (χ0v) is 19.2. The first kappa shape index (κ1) is 23.7. The molecule has 0 N–H and O–H groups in total. The molecule has 0 saturated carbocycles. The van der Waals surface area contributed by atoms with Crippen LogP contribution in [0, 0.1) is 0 Å². The summed E-state index contributed by atoms with van der Waals surface area (Å²) in [5.74, 6) is 2.12. The second-order valence-corrected chi connectivity index (χ2v) is 6.63. The van der Waals surface area contributed by atoms with Crippen molar-refractivity contribution in [3.05, 3.63) is 41.6 Å². The number of carbonyl (C=O) groups is 1. The van der Waals surface area contributed by atoms with Gasteiger partial charge in [0.05, 0.1) is 48.2 Å². The molecule has 8 heteroatoms. The number of benzene rings is 2. The second kappa shape index (κ2) is 10.5. The number of carbonyl (C=O) groups excluding carboxylic acids is 1. The smallest absolute Gasteiger partial charge is 0.204 e. The molecule has 0 fully saturated rings. The van der Waals surface area contributed by atoms with Crippen molar-refractivity contribution in [3.63, 3.8) is 0 Å². The van der Waals surface area contributed by atoms with Gasteiger partial charge in [0.2, 0.25) is 11.5 Å². The molecule has 0 aliphatic carbocycles. The molecule has 0 radical (unpaired) electrons. The van der Waals surface area contributed by atoms with Gasteiger partial charge in [-0.05, 0) is 29.8 Å². The third-order valence-electron chi connectivity index (χ3n) is 4.56. The molecule has 8 nitrogen and oxygen atoms in total. The quantitative estimate of drug-likeness (QED) is 0.418. The lowest BCUT2D eigenvalue weighted by Gasteiger charge is -2.19. The van der Waals surface area contributed by atoms with Crippen LogP contribution in [0.1, 0.15) is 15.9 Å². The minimum absolute atomic E-state index is 0.277. The lowest BCUT2D eigenvalue weighted by atomic mass is 9.95. The van der Waals surface area contributed by atoms with Crippen LogP contribution in [-0.2, 0) is 0 Å². The number of rotatable bonds is 10. The molecular weight excluding hydrogens is 402 g/mol. The van der Waals surface area contributed by atoms with Crippen LogP contribution >= 0.6 is 0 Å². The lowest BCUT2D eigenvalue weighted by Crippen LogP contribution is -2.11. The zero-order chi connectivity index (χ0) is 23.1. The Balaban J connectivity index is 2.74. The molecule has 0 unspecified atom stereocenters. The van der Waals surface area contributed by atoms with Crippen molar-refractivity contribution < 1.29 is 33.2 Å². The summed E-state index contributed by atoms with van der Waals surface area (Å²) in [6.45, 7) is 0. The first-order chi connectivity index (χ1) is 14.9. The summed E-state index contributed by atoms with van der Waals surface area (Å²) < 4.78 is 32.6. The van der Waals surface area contributed by atoms with Crippen molar-refractivity contribution in [1.82, 2.24) is 4.90 Å². The summed E-state index contributed by atoms with van der Waals surface area (Å²) in [6, 6.07) is 6.75. The number of hydrogen-bond donors (Lipinski definition) is 0. The van der Waals surface area contributed by atoms with Crippen LogP contribution in [0.4, 0.5) is 0 Å². The first-order valence-electron chi connectivity index (χ1n) is 9.39. The maximum atomic E-state index is 13.7. The second-order valence-electron chi connectivity index (χ2n) is 6.63. The fourth-order valence-electron chi connectivity index (χ4n) is 3.18. The molecule has 0 atom stereocenters. The maximum Gasteiger partial charge on any atom is 0.204 e. The van der Waals surface area contributed by atoms with Gasteiger partial charge in [-0.25, -0.2) is 0 Å². The zero-order valence-electron chi connectivity index (χ0n) is 19.2. The van der Waals surface area contributed by atoms with Crippen LogP contribution in [0.15, 0.2) is 30.5 Å². The topological polar surface area (TPSA) is 75.7 Å². The lowest BCUT2D eigenvalue weighted by molar-refractivity contribution is 0.105. The Labute approximate surface area is 182 Å². The number of Topliss-reactive ketones (excluding diaryl/α,β-unsaturated/α-hetero) is 1. The van der Waals surface area contributed by atoms with Crippen molar-refractivity contribution in [3.8, 4) is 34.5 Å². The molecule has 0 aliphatic heterocycles. The molecular formula is C23H29NO7. The highest BCUT2D eigenvalue weighted by Crippen LogP contribution is 2.43. The van der Waals surface area contributed by atoms with E-state index in [4.69, 9.17) is 28.4 Å². The number of ketones is 1. The molecule has 2 aromatic rings. The largest absolute Gasteiger partial charge is 0.493 e. The average molecular weight is 431 g/mol. The predicted molar refractivity (Wildman–Crippen MR) is 118 cm³/mol. The van der Waals surface area contributed by atoms with Crippen molar-refractivity contribution in [2.45, 2.75) is 0 Å².